The third kappa shape index (κ3) is 8.49. The Hall–Kier alpha value is -3.76. The highest BCUT2D eigenvalue weighted by atomic mass is 32.3. The molecule has 1 saturated heterocycles. The van der Waals surface area contributed by atoms with Crippen LogP contribution in [0.15, 0.2) is 30.3 Å². The van der Waals surface area contributed by atoms with Crippen molar-refractivity contribution in [2.24, 2.45) is 0 Å². The van der Waals surface area contributed by atoms with Crippen molar-refractivity contribution in [2.45, 2.75) is 29.8 Å². The highest BCUT2D eigenvalue weighted by Crippen LogP contribution is 2.49. The second-order valence-electron chi connectivity index (χ2n) is 10.1. The fourth-order valence-electron chi connectivity index (χ4n) is 5.13. The summed E-state index contributed by atoms with van der Waals surface area (Å²) in [6.45, 7) is 1.19. The molecule has 0 unspecified atom stereocenters. The summed E-state index contributed by atoms with van der Waals surface area (Å²) in [7, 11) is 1.22. The number of carboxylic acid groups (broad SMARTS) is 2. The number of carbonyl (C=O) groups is 2. The summed E-state index contributed by atoms with van der Waals surface area (Å²) in [6.07, 6.45) is 1.06. The number of ether oxygens (including phenoxy) is 5. The fraction of sp³-hybridized carbons (Fsp3) is 0.517. The van der Waals surface area contributed by atoms with Crippen LogP contribution in [0.3, 0.4) is 0 Å². The zero-order valence-corrected chi connectivity index (χ0v) is 27.8. The number of methoxy groups -OCH3 is 5. The van der Waals surface area contributed by atoms with Gasteiger partial charge in [0, 0.05) is 6.54 Å². The molecule has 0 radical (unpaired) electrons. The van der Waals surface area contributed by atoms with Crippen molar-refractivity contribution in [2.75, 3.05) is 67.2 Å². The SMILES string of the molecule is COc1ccc(CCN(C)CCCC2(c3cc(OC)c(OC)c(OC)c3)S(=O)(=O)CCCS2(=O)=O)cc1OC.O=C(O)C(=O)O. The Balaban J connectivity index is 0.00000107. The predicted octanol–water partition coefficient (Wildman–Crippen LogP) is 2.23. The average molecular weight is 676 g/mol. The third-order valence-corrected chi connectivity index (χ3v) is 13.5. The summed E-state index contributed by atoms with van der Waals surface area (Å²) >= 11 is 0. The molecule has 0 bridgehead atoms. The standard InChI is InChI=1S/C27H39NO9S2.C2H2O4/c1-28(14-11-20-9-10-22(33-2)23(17-20)34-3)13-7-12-27(38(29,30)15-8-16-39(27,31)32)21-18-24(35-4)26(37-6)25(19-21)36-5;3-1(4)2(5)6/h9-10,17-19H,7-8,11-16H2,1-6H3;(H,3,4)(H,5,6). The summed E-state index contributed by atoms with van der Waals surface area (Å²) in [4.78, 5) is 20.3. The molecule has 3 rings (SSSR count). The van der Waals surface area contributed by atoms with Gasteiger partial charge in [0.05, 0.1) is 47.1 Å². The van der Waals surface area contributed by atoms with Crippen LogP contribution in [-0.2, 0) is 39.8 Å². The van der Waals surface area contributed by atoms with Gasteiger partial charge in [0.1, 0.15) is 0 Å². The van der Waals surface area contributed by atoms with Gasteiger partial charge in [0.2, 0.25) is 5.75 Å². The van der Waals surface area contributed by atoms with Crippen LogP contribution in [0.4, 0.5) is 0 Å². The molecule has 2 aromatic rings. The zero-order chi connectivity index (χ0) is 34.0. The van der Waals surface area contributed by atoms with Crippen molar-refractivity contribution in [3.8, 4) is 28.7 Å². The summed E-state index contributed by atoms with van der Waals surface area (Å²) in [6, 6.07) is 8.64. The highest BCUT2D eigenvalue weighted by molar-refractivity contribution is 8.10. The Morgan fingerprint density at radius 3 is 1.71 bits per heavy atom. The molecule has 2 N–H and O–H groups in total. The monoisotopic (exact) mass is 675 g/mol. The van der Waals surface area contributed by atoms with Crippen molar-refractivity contribution in [3.63, 3.8) is 0 Å². The van der Waals surface area contributed by atoms with E-state index in [1.54, 1.807) is 14.2 Å². The molecule has 16 heteroatoms. The molecule has 14 nitrogen and oxygen atoms in total. The van der Waals surface area contributed by atoms with E-state index in [0.29, 0.717) is 31.0 Å². The van der Waals surface area contributed by atoms with Gasteiger partial charge in [-0.1, -0.05) is 6.07 Å². The van der Waals surface area contributed by atoms with Gasteiger partial charge < -0.3 is 38.8 Å². The Morgan fingerprint density at radius 1 is 0.756 bits per heavy atom. The first kappa shape index (κ1) is 37.4. The van der Waals surface area contributed by atoms with Gasteiger partial charge in [-0.15, -0.1) is 0 Å². The molecular weight excluding hydrogens is 634 g/mol. The lowest BCUT2D eigenvalue weighted by molar-refractivity contribution is -0.159. The van der Waals surface area contributed by atoms with Crippen LogP contribution in [0.25, 0.3) is 0 Å². The van der Waals surface area contributed by atoms with Gasteiger partial charge in [-0.25, -0.2) is 26.4 Å². The number of rotatable bonds is 13. The summed E-state index contributed by atoms with van der Waals surface area (Å²) < 4.78 is 79.4. The minimum absolute atomic E-state index is 0.0715. The molecule has 45 heavy (non-hydrogen) atoms. The van der Waals surface area contributed by atoms with E-state index < -0.39 is 35.7 Å². The van der Waals surface area contributed by atoms with E-state index in [1.807, 2.05) is 25.2 Å². The number of benzene rings is 2. The zero-order valence-electron chi connectivity index (χ0n) is 26.2. The van der Waals surface area contributed by atoms with Crippen LogP contribution in [-0.4, -0.2) is 111 Å². The lowest BCUT2D eigenvalue weighted by Crippen LogP contribution is -2.50. The second kappa shape index (κ2) is 16.0. The Labute approximate surface area is 263 Å². The number of hydrogen-bond acceptors (Lipinski definition) is 12. The molecule has 0 saturated carbocycles. The van der Waals surface area contributed by atoms with Crippen LogP contribution < -0.4 is 23.7 Å². The second-order valence-corrected chi connectivity index (χ2v) is 15.0. The largest absolute Gasteiger partial charge is 0.493 e. The quantitative estimate of drug-likeness (QED) is 0.294. The molecule has 2 aromatic carbocycles. The molecule has 1 fully saturated rings. The van der Waals surface area contributed by atoms with Gasteiger partial charge in [-0.3, -0.25) is 0 Å². The van der Waals surface area contributed by atoms with Crippen LogP contribution in [0.2, 0.25) is 0 Å². The maximum absolute atomic E-state index is 13.6. The van der Waals surface area contributed by atoms with Crippen LogP contribution in [0, 0.1) is 0 Å². The molecular formula is C29H41NO13S2. The van der Waals surface area contributed by atoms with Crippen molar-refractivity contribution in [1.29, 1.82) is 0 Å². The minimum Gasteiger partial charge on any atom is -0.493 e. The molecule has 252 valence electrons. The summed E-state index contributed by atoms with van der Waals surface area (Å²) in [5.41, 5.74) is 1.18. The van der Waals surface area contributed by atoms with Crippen LogP contribution >= 0.6 is 0 Å². The normalized spacial score (nSPS) is 16.1. The van der Waals surface area contributed by atoms with E-state index in [4.69, 9.17) is 43.5 Å². The first-order valence-electron chi connectivity index (χ1n) is 13.7. The fourth-order valence-corrected chi connectivity index (χ4v) is 10.9. The van der Waals surface area contributed by atoms with Crippen LogP contribution in [0.1, 0.15) is 30.4 Å². The summed E-state index contributed by atoms with van der Waals surface area (Å²) in [5, 5.41) is 14.8. The van der Waals surface area contributed by atoms with E-state index in [9.17, 15) is 16.8 Å². The van der Waals surface area contributed by atoms with E-state index in [2.05, 4.69) is 4.90 Å². The number of sulfone groups is 2. The van der Waals surface area contributed by atoms with Crippen molar-refractivity contribution in [1.82, 2.24) is 4.90 Å². The van der Waals surface area contributed by atoms with Gasteiger partial charge >= 0.3 is 11.9 Å². The minimum atomic E-state index is -4.07. The molecule has 1 heterocycles. The first-order valence-corrected chi connectivity index (χ1v) is 17.1. The van der Waals surface area contributed by atoms with Gasteiger partial charge in [-0.2, -0.15) is 0 Å². The lowest BCUT2D eigenvalue weighted by atomic mass is 10.0. The smallest absolute Gasteiger partial charge is 0.414 e. The molecule has 0 atom stereocenters. The van der Waals surface area contributed by atoms with Crippen molar-refractivity contribution < 1.29 is 60.3 Å². The number of hydrogen-bond donors (Lipinski definition) is 2. The highest BCUT2D eigenvalue weighted by Gasteiger charge is 2.58. The molecule has 1 aliphatic rings. The topological polar surface area (TPSA) is 192 Å². The van der Waals surface area contributed by atoms with E-state index >= 15 is 0 Å². The maximum Gasteiger partial charge on any atom is 0.414 e. The molecule has 0 aliphatic carbocycles. The number of likely N-dealkylation sites (N-methyl/N-ethyl adjacent to an activating group) is 1. The Kier molecular flexibility index (Phi) is 13.3. The average Bonchev–Trinajstić information content (AvgIpc) is 3.00. The lowest BCUT2D eigenvalue weighted by Gasteiger charge is -2.37. The molecule has 0 spiro atoms. The van der Waals surface area contributed by atoms with Gasteiger partial charge in [0.15, 0.2) is 46.8 Å². The maximum atomic E-state index is 13.6. The van der Waals surface area contributed by atoms with E-state index in [0.717, 1.165) is 12.0 Å². The number of carboxylic acids is 2. The van der Waals surface area contributed by atoms with E-state index in [1.165, 1.54) is 33.5 Å². The predicted molar refractivity (Wildman–Crippen MR) is 165 cm³/mol. The summed E-state index contributed by atoms with van der Waals surface area (Å²) in [5.74, 6) is -2.09. The number of aliphatic carboxylic acids is 2. The Bertz CT molecular complexity index is 1480. The molecule has 1 aliphatic heterocycles. The first-order chi connectivity index (χ1) is 21.1. The third-order valence-electron chi connectivity index (χ3n) is 7.39. The van der Waals surface area contributed by atoms with Crippen molar-refractivity contribution in [3.05, 3.63) is 41.5 Å². The van der Waals surface area contributed by atoms with E-state index in [-0.39, 0.29) is 47.2 Å². The number of nitrogens with zero attached hydrogens (tertiary/aromatic N) is 1. The van der Waals surface area contributed by atoms with Crippen molar-refractivity contribution >= 4 is 31.6 Å². The van der Waals surface area contributed by atoms with Crippen LogP contribution in [0.5, 0.6) is 28.7 Å². The van der Waals surface area contributed by atoms with Gasteiger partial charge in [0.25, 0.3) is 0 Å². The van der Waals surface area contributed by atoms with Gasteiger partial charge in [-0.05, 0) is 74.7 Å². The molecule has 0 aromatic heterocycles. The molecule has 0 amide bonds. The Morgan fingerprint density at radius 2 is 1.27 bits per heavy atom.